The molecule has 0 saturated carbocycles. The fraction of sp³-hybridized carbons (Fsp3) is 0.238. The van der Waals surface area contributed by atoms with Crippen LogP contribution in [0.2, 0.25) is 0 Å². The lowest BCUT2D eigenvalue weighted by Gasteiger charge is -2.31. The predicted octanol–water partition coefficient (Wildman–Crippen LogP) is 4.76. The van der Waals surface area contributed by atoms with Gasteiger partial charge in [-0.05, 0) is 39.2 Å². The molecule has 3 aromatic rings. The molecule has 0 aliphatic carbocycles. The summed E-state index contributed by atoms with van der Waals surface area (Å²) in [5.41, 5.74) is 3.78. The zero-order valence-corrected chi connectivity index (χ0v) is 18.0. The monoisotopic (exact) mass is 476 g/mol. The molecule has 2 aromatic carbocycles. The highest BCUT2D eigenvalue weighted by molar-refractivity contribution is 9.11. The van der Waals surface area contributed by atoms with E-state index in [2.05, 4.69) is 15.9 Å². The van der Waals surface area contributed by atoms with Crippen LogP contribution in [0.5, 0.6) is 0 Å². The molecule has 1 atom stereocenters. The van der Waals surface area contributed by atoms with Crippen LogP contribution in [-0.2, 0) is 14.3 Å². The van der Waals surface area contributed by atoms with Crippen LogP contribution >= 0.6 is 27.3 Å². The summed E-state index contributed by atoms with van der Waals surface area (Å²) in [6.07, 6.45) is -0.602. The van der Waals surface area contributed by atoms with Gasteiger partial charge in [0.05, 0.1) is 29.7 Å². The van der Waals surface area contributed by atoms with Crippen LogP contribution in [0.15, 0.2) is 52.3 Å². The molecule has 0 bridgehead atoms. The highest BCUT2D eigenvalue weighted by atomic mass is 79.9. The summed E-state index contributed by atoms with van der Waals surface area (Å²) in [4.78, 5) is 18.6. The lowest BCUT2D eigenvalue weighted by Crippen LogP contribution is -2.46. The maximum absolute atomic E-state index is 13.1. The number of carbonyl (C=O) groups excluding carboxylic acids is 1. The molecule has 1 fully saturated rings. The Balaban J connectivity index is 1.55. The average molecular weight is 477 g/mol. The average Bonchev–Trinajstić information content (AvgIpc) is 3.15. The van der Waals surface area contributed by atoms with Crippen molar-refractivity contribution in [2.45, 2.75) is 6.10 Å². The normalized spacial score (nSPS) is 16.7. The predicted molar refractivity (Wildman–Crippen MR) is 115 cm³/mol. The maximum Gasteiger partial charge on any atom is 0.336 e. The van der Waals surface area contributed by atoms with Crippen molar-refractivity contribution in [2.24, 2.45) is 0 Å². The zero-order valence-electron chi connectivity index (χ0n) is 15.6. The van der Waals surface area contributed by atoms with E-state index in [0.717, 1.165) is 31.3 Å². The minimum absolute atomic E-state index is 0.248. The molecule has 1 aliphatic heterocycles. The van der Waals surface area contributed by atoms with Crippen LogP contribution in [0.4, 0.5) is 9.52 Å². The van der Waals surface area contributed by atoms with Gasteiger partial charge in [0.2, 0.25) is 0 Å². The van der Waals surface area contributed by atoms with Crippen LogP contribution in [0.3, 0.4) is 0 Å². The zero-order chi connectivity index (χ0) is 20.4. The number of morpholine rings is 1. The SMILES string of the molecule is COC(=O)C1CN(c2nc(-c3ccc(-c4ccc(F)cc4)cc3)c(Br)s2)CCO1. The lowest BCUT2D eigenvalue weighted by molar-refractivity contribution is -0.154. The summed E-state index contributed by atoms with van der Waals surface area (Å²) in [5.74, 6) is -0.621. The van der Waals surface area contributed by atoms with Crippen LogP contribution in [0, 0.1) is 5.82 Å². The van der Waals surface area contributed by atoms with Gasteiger partial charge in [-0.15, -0.1) is 0 Å². The number of carbonyl (C=O) groups is 1. The van der Waals surface area contributed by atoms with Crippen molar-refractivity contribution >= 4 is 38.4 Å². The number of thiazole rings is 1. The number of hydrogen-bond acceptors (Lipinski definition) is 6. The molecule has 1 aliphatic rings. The molecule has 4 rings (SSSR count). The first-order chi connectivity index (χ1) is 14.0. The van der Waals surface area contributed by atoms with Crippen molar-refractivity contribution in [3.05, 3.63) is 58.1 Å². The minimum atomic E-state index is -0.602. The first-order valence-corrected chi connectivity index (χ1v) is 10.6. The topological polar surface area (TPSA) is 51.7 Å². The van der Waals surface area contributed by atoms with Crippen molar-refractivity contribution in [3.63, 3.8) is 0 Å². The Labute approximate surface area is 180 Å². The van der Waals surface area contributed by atoms with E-state index < -0.39 is 6.10 Å². The second-order valence-electron chi connectivity index (χ2n) is 6.53. The highest BCUT2D eigenvalue weighted by Gasteiger charge is 2.29. The van der Waals surface area contributed by atoms with E-state index in [1.165, 1.54) is 30.6 Å². The third kappa shape index (κ3) is 4.34. The molecule has 150 valence electrons. The molecular formula is C21H18BrFN2O3S. The third-order valence-electron chi connectivity index (χ3n) is 4.71. The number of halogens is 2. The molecule has 1 unspecified atom stereocenters. The van der Waals surface area contributed by atoms with Crippen molar-refractivity contribution in [1.29, 1.82) is 0 Å². The summed E-state index contributed by atoms with van der Waals surface area (Å²) in [5, 5.41) is 0.826. The summed E-state index contributed by atoms with van der Waals surface area (Å²) in [7, 11) is 1.36. The summed E-state index contributed by atoms with van der Waals surface area (Å²) < 4.78 is 24.3. The van der Waals surface area contributed by atoms with Crippen molar-refractivity contribution < 1.29 is 18.7 Å². The summed E-state index contributed by atoms with van der Waals surface area (Å²) in [6.45, 7) is 1.52. The molecular weight excluding hydrogens is 459 g/mol. The molecule has 0 spiro atoms. The Morgan fingerprint density at radius 1 is 1.17 bits per heavy atom. The number of hydrogen-bond donors (Lipinski definition) is 0. The fourth-order valence-corrected chi connectivity index (χ4v) is 4.77. The van der Waals surface area contributed by atoms with E-state index in [0.29, 0.717) is 19.7 Å². The highest BCUT2D eigenvalue weighted by Crippen LogP contribution is 2.38. The van der Waals surface area contributed by atoms with E-state index in [4.69, 9.17) is 14.5 Å². The minimum Gasteiger partial charge on any atom is -0.467 e. The lowest BCUT2D eigenvalue weighted by atomic mass is 10.0. The van der Waals surface area contributed by atoms with Gasteiger partial charge in [-0.2, -0.15) is 0 Å². The Morgan fingerprint density at radius 2 is 1.79 bits per heavy atom. The largest absolute Gasteiger partial charge is 0.467 e. The Kier molecular flexibility index (Phi) is 5.94. The number of benzene rings is 2. The number of anilines is 1. The fourth-order valence-electron chi connectivity index (χ4n) is 3.16. The van der Waals surface area contributed by atoms with Crippen LogP contribution in [0.25, 0.3) is 22.4 Å². The molecule has 0 N–H and O–H groups in total. The van der Waals surface area contributed by atoms with Gasteiger partial charge in [0, 0.05) is 12.1 Å². The number of rotatable bonds is 4. The van der Waals surface area contributed by atoms with Crippen LogP contribution in [-0.4, -0.2) is 43.9 Å². The van der Waals surface area contributed by atoms with E-state index in [1.54, 1.807) is 12.1 Å². The van der Waals surface area contributed by atoms with Crippen molar-refractivity contribution in [3.8, 4) is 22.4 Å². The first kappa shape index (κ1) is 20.0. The van der Waals surface area contributed by atoms with E-state index >= 15 is 0 Å². The van der Waals surface area contributed by atoms with Gasteiger partial charge in [0.15, 0.2) is 11.2 Å². The second-order valence-corrected chi connectivity index (χ2v) is 8.83. The summed E-state index contributed by atoms with van der Waals surface area (Å²) >= 11 is 5.14. The smallest absolute Gasteiger partial charge is 0.336 e. The summed E-state index contributed by atoms with van der Waals surface area (Å²) in [6, 6.07) is 14.4. The standard InChI is InChI=1S/C21H18BrFN2O3S/c1-27-20(26)17-12-25(10-11-28-17)21-24-18(19(22)29-21)15-4-2-13(3-5-15)14-6-8-16(23)9-7-14/h2-9,17H,10-12H2,1H3. The first-order valence-electron chi connectivity index (χ1n) is 9.02. The van der Waals surface area contributed by atoms with Gasteiger partial charge in [0.1, 0.15) is 5.82 Å². The molecule has 1 saturated heterocycles. The van der Waals surface area contributed by atoms with Gasteiger partial charge in [-0.25, -0.2) is 14.2 Å². The number of ether oxygens (including phenoxy) is 2. The van der Waals surface area contributed by atoms with E-state index in [1.807, 2.05) is 29.2 Å². The number of esters is 1. The van der Waals surface area contributed by atoms with Gasteiger partial charge < -0.3 is 14.4 Å². The molecule has 5 nitrogen and oxygen atoms in total. The van der Waals surface area contributed by atoms with Gasteiger partial charge >= 0.3 is 5.97 Å². The van der Waals surface area contributed by atoms with Crippen LogP contribution in [0.1, 0.15) is 0 Å². The molecule has 1 aromatic heterocycles. The van der Waals surface area contributed by atoms with Gasteiger partial charge in [-0.3, -0.25) is 0 Å². The van der Waals surface area contributed by atoms with E-state index in [9.17, 15) is 9.18 Å². The molecule has 8 heteroatoms. The maximum atomic E-state index is 13.1. The van der Waals surface area contributed by atoms with Crippen molar-refractivity contribution in [2.75, 3.05) is 31.7 Å². The quantitative estimate of drug-likeness (QED) is 0.508. The third-order valence-corrected chi connectivity index (χ3v) is 6.48. The molecule has 0 amide bonds. The number of methoxy groups -OCH3 is 1. The van der Waals surface area contributed by atoms with Crippen molar-refractivity contribution in [1.82, 2.24) is 4.98 Å². The van der Waals surface area contributed by atoms with Crippen LogP contribution < -0.4 is 4.90 Å². The molecule has 0 radical (unpaired) electrons. The number of aromatic nitrogens is 1. The number of nitrogens with zero attached hydrogens (tertiary/aromatic N) is 2. The molecule has 2 heterocycles. The second kappa shape index (κ2) is 8.61. The Morgan fingerprint density at radius 3 is 2.45 bits per heavy atom. The molecule has 29 heavy (non-hydrogen) atoms. The van der Waals surface area contributed by atoms with E-state index in [-0.39, 0.29) is 11.8 Å². The van der Waals surface area contributed by atoms with Gasteiger partial charge in [-0.1, -0.05) is 47.7 Å². The Bertz CT molecular complexity index is 1010. The Hall–Kier alpha value is -2.29. The van der Waals surface area contributed by atoms with Gasteiger partial charge in [0.25, 0.3) is 0 Å².